The van der Waals surface area contributed by atoms with E-state index in [1.807, 2.05) is 25.1 Å². The summed E-state index contributed by atoms with van der Waals surface area (Å²) >= 11 is 0. The van der Waals surface area contributed by atoms with E-state index in [1.165, 1.54) is 0 Å². The second-order valence-electron chi connectivity index (χ2n) is 4.93. The van der Waals surface area contributed by atoms with Gasteiger partial charge in [0.05, 0.1) is 11.4 Å². The van der Waals surface area contributed by atoms with E-state index in [-0.39, 0.29) is 11.7 Å². The minimum atomic E-state index is 0.197. The molecule has 0 atom stereocenters. The molecule has 3 heteroatoms. The molecule has 1 aromatic rings. The van der Waals surface area contributed by atoms with Crippen LogP contribution in [0, 0.1) is 5.92 Å². The van der Waals surface area contributed by atoms with Crippen LogP contribution in [0.1, 0.15) is 44.2 Å². The monoisotopic (exact) mass is 244 g/mol. The molecule has 1 aliphatic rings. The third kappa shape index (κ3) is 2.78. The molecule has 0 unspecified atom stereocenters. The highest BCUT2D eigenvalue weighted by atomic mass is 16.1. The predicted molar refractivity (Wildman–Crippen MR) is 73.2 cm³/mol. The lowest BCUT2D eigenvalue weighted by Gasteiger charge is -2.27. The predicted octanol–water partition coefficient (Wildman–Crippen LogP) is 3.08. The summed E-state index contributed by atoms with van der Waals surface area (Å²) in [5.41, 5.74) is 7.74. The quantitative estimate of drug-likeness (QED) is 0.831. The van der Waals surface area contributed by atoms with Gasteiger partial charge in [-0.2, -0.15) is 0 Å². The van der Waals surface area contributed by atoms with E-state index >= 15 is 0 Å². The fourth-order valence-corrected chi connectivity index (χ4v) is 2.72. The maximum absolute atomic E-state index is 11.8. The number of rotatable bonds is 3. The molecule has 0 radical (unpaired) electrons. The fourth-order valence-electron chi connectivity index (χ4n) is 2.72. The van der Waals surface area contributed by atoms with Crippen LogP contribution in [0.15, 0.2) is 30.5 Å². The Bertz CT molecular complexity index is 446. The highest BCUT2D eigenvalue weighted by Gasteiger charge is 2.27. The van der Waals surface area contributed by atoms with Gasteiger partial charge in [-0.3, -0.25) is 9.78 Å². The van der Waals surface area contributed by atoms with Crippen LogP contribution in [0.25, 0.3) is 0 Å². The number of nitrogens with two attached hydrogens (primary N) is 1. The van der Waals surface area contributed by atoms with E-state index in [0.29, 0.717) is 5.92 Å². The first-order chi connectivity index (χ1) is 8.72. The molecule has 1 fully saturated rings. The normalized spacial score (nSPS) is 24.3. The van der Waals surface area contributed by atoms with Gasteiger partial charge in [0, 0.05) is 18.0 Å². The van der Waals surface area contributed by atoms with Gasteiger partial charge in [-0.05, 0) is 50.8 Å². The summed E-state index contributed by atoms with van der Waals surface area (Å²) in [5, 5.41) is 0. The first-order valence-electron chi connectivity index (χ1n) is 6.59. The summed E-state index contributed by atoms with van der Waals surface area (Å²) in [6.45, 7) is 1.89. The zero-order chi connectivity index (χ0) is 13.0. The van der Waals surface area contributed by atoms with E-state index in [4.69, 9.17) is 5.73 Å². The van der Waals surface area contributed by atoms with Crippen LogP contribution in [0.3, 0.4) is 0 Å². The van der Waals surface area contributed by atoms with Crippen LogP contribution in [0.5, 0.6) is 0 Å². The van der Waals surface area contributed by atoms with Crippen molar-refractivity contribution in [1.29, 1.82) is 0 Å². The molecule has 2 N–H and O–H groups in total. The van der Waals surface area contributed by atoms with Crippen molar-refractivity contribution in [3.8, 4) is 0 Å². The Balaban J connectivity index is 1.99. The van der Waals surface area contributed by atoms with E-state index in [0.717, 1.165) is 37.1 Å². The number of nitrogens with zero attached hydrogens (tertiary/aromatic N) is 1. The number of nitrogen functional groups attached to an aromatic ring is 1. The van der Waals surface area contributed by atoms with E-state index < -0.39 is 0 Å². The maximum atomic E-state index is 11.8. The number of hydrogen-bond acceptors (Lipinski definition) is 3. The zero-order valence-corrected chi connectivity index (χ0v) is 10.8. The minimum absolute atomic E-state index is 0.197. The summed E-state index contributed by atoms with van der Waals surface area (Å²) in [6, 6.07) is 3.76. The van der Waals surface area contributed by atoms with Crippen molar-refractivity contribution in [1.82, 2.24) is 4.98 Å². The SMILES string of the molecule is C/C=C/C(=O)[C@H]1CC[C@H](c2ncccc2N)CC1. The number of anilines is 1. The van der Waals surface area contributed by atoms with Gasteiger partial charge >= 0.3 is 0 Å². The van der Waals surface area contributed by atoms with Crippen LogP contribution in [-0.4, -0.2) is 10.8 Å². The third-order valence-electron chi connectivity index (χ3n) is 3.72. The van der Waals surface area contributed by atoms with Crippen LogP contribution < -0.4 is 5.73 Å². The lowest BCUT2D eigenvalue weighted by atomic mass is 9.78. The van der Waals surface area contributed by atoms with E-state index in [2.05, 4.69) is 4.98 Å². The molecule has 0 bridgehead atoms. The standard InChI is InChI=1S/C15H20N2O/c1-2-4-14(18)11-6-8-12(9-7-11)15-13(16)5-3-10-17-15/h2-5,10-12H,6-9,16H2,1H3/b4-2+/t11-,12-. The number of allylic oxidation sites excluding steroid dienone is 2. The number of pyridine rings is 1. The second kappa shape index (κ2) is 5.80. The second-order valence-corrected chi connectivity index (χ2v) is 4.93. The molecule has 2 rings (SSSR count). The van der Waals surface area contributed by atoms with Gasteiger partial charge in [0.25, 0.3) is 0 Å². The number of ketones is 1. The molecule has 3 nitrogen and oxygen atoms in total. The zero-order valence-electron chi connectivity index (χ0n) is 10.8. The van der Waals surface area contributed by atoms with Crippen molar-refractivity contribution in [3.63, 3.8) is 0 Å². The fraction of sp³-hybridized carbons (Fsp3) is 0.467. The molecule has 1 heterocycles. The molecule has 0 saturated heterocycles. The molecular weight excluding hydrogens is 224 g/mol. The molecule has 1 aliphatic carbocycles. The number of aromatic nitrogens is 1. The largest absolute Gasteiger partial charge is 0.397 e. The van der Waals surface area contributed by atoms with Crippen molar-refractivity contribution in [2.45, 2.75) is 38.5 Å². The Kier molecular flexibility index (Phi) is 4.13. The van der Waals surface area contributed by atoms with Gasteiger partial charge in [-0.1, -0.05) is 6.08 Å². The van der Waals surface area contributed by atoms with Gasteiger partial charge in [-0.25, -0.2) is 0 Å². The number of carbonyl (C=O) groups is 1. The molecule has 1 aromatic heterocycles. The summed E-state index contributed by atoms with van der Waals surface area (Å²) in [4.78, 5) is 16.2. The van der Waals surface area contributed by atoms with Crippen molar-refractivity contribution < 1.29 is 4.79 Å². The number of hydrogen-bond donors (Lipinski definition) is 1. The molecule has 0 aliphatic heterocycles. The van der Waals surface area contributed by atoms with Gasteiger partial charge < -0.3 is 5.73 Å². The highest BCUT2D eigenvalue weighted by Crippen LogP contribution is 2.37. The molecule has 96 valence electrons. The van der Waals surface area contributed by atoms with Crippen LogP contribution in [0.2, 0.25) is 0 Å². The smallest absolute Gasteiger partial charge is 0.158 e. The van der Waals surface area contributed by atoms with Gasteiger partial charge in [-0.15, -0.1) is 0 Å². The molecular formula is C15H20N2O. The molecule has 18 heavy (non-hydrogen) atoms. The lowest BCUT2D eigenvalue weighted by molar-refractivity contribution is -0.119. The van der Waals surface area contributed by atoms with E-state index in [1.54, 1.807) is 12.3 Å². The summed E-state index contributed by atoms with van der Waals surface area (Å²) < 4.78 is 0. The Morgan fingerprint density at radius 3 is 2.72 bits per heavy atom. The first kappa shape index (κ1) is 12.8. The third-order valence-corrected chi connectivity index (χ3v) is 3.72. The Hall–Kier alpha value is -1.64. The van der Waals surface area contributed by atoms with Crippen LogP contribution >= 0.6 is 0 Å². The van der Waals surface area contributed by atoms with E-state index in [9.17, 15) is 4.79 Å². The van der Waals surface area contributed by atoms with Crippen molar-refractivity contribution in [3.05, 3.63) is 36.2 Å². The Morgan fingerprint density at radius 2 is 2.11 bits per heavy atom. The molecule has 0 amide bonds. The Labute approximate surface area is 108 Å². The lowest BCUT2D eigenvalue weighted by Crippen LogP contribution is -2.20. The molecule has 0 spiro atoms. The minimum Gasteiger partial charge on any atom is -0.397 e. The molecule has 0 aromatic carbocycles. The molecule has 1 saturated carbocycles. The highest BCUT2D eigenvalue weighted by molar-refractivity contribution is 5.91. The summed E-state index contributed by atoms with van der Waals surface area (Å²) in [5.74, 6) is 0.883. The van der Waals surface area contributed by atoms with Crippen molar-refractivity contribution in [2.24, 2.45) is 5.92 Å². The van der Waals surface area contributed by atoms with Crippen LogP contribution in [0.4, 0.5) is 5.69 Å². The van der Waals surface area contributed by atoms with Crippen molar-refractivity contribution >= 4 is 11.5 Å². The topological polar surface area (TPSA) is 56.0 Å². The average molecular weight is 244 g/mol. The number of carbonyl (C=O) groups excluding carboxylic acids is 1. The Morgan fingerprint density at radius 1 is 1.39 bits per heavy atom. The maximum Gasteiger partial charge on any atom is 0.158 e. The van der Waals surface area contributed by atoms with Crippen LogP contribution in [-0.2, 0) is 4.79 Å². The first-order valence-corrected chi connectivity index (χ1v) is 6.59. The van der Waals surface area contributed by atoms with Crippen molar-refractivity contribution in [2.75, 3.05) is 5.73 Å². The summed E-state index contributed by atoms with van der Waals surface area (Å²) in [7, 11) is 0. The summed E-state index contributed by atoms with van der Waals surface area (Å²) in [6.07, 6.45) is 9.23. The average Bonchev–Trinajstić information content (AvgIpc) is 2.40. The van der Waals surface area contributed by atoms with Gasteiger partial charge in [0.1, 0.15) is 0 Å². The van der Waals surface area contributed by atoms with Gasteiger partial charge in [0.15, 0.2) is 5.78 Å². The van der Waals surface area contributed by atoms with Gasteiger partial charge in [0.2, 0.25) is 0 Å².